The molecular weight excluding hydrogens is 809 g/mol. The van der Waals surface area contributed by atoms with Crippen LogP contribution in [-0.4, -0.2) is 96.1 Å². The van der Waals surface area contributed by atoms with Crippen molar-refractivity contribution >= 4 is 70.7 Å². The van der Waals surface area contributed by atoms with E-state index in [0.29, 0.717) is 55.4 Å². The van der Waals surface area contributed by atoms with Crippen LogP contribution in [0.25, 0.3) is 0 Å². The molecule has 59 heavy (non-hydrogen) atoms. The first-order chi connectivity index (χ1) is 28.5. The van der Waals surface area contributed by atoms with Crippen LogP contribution in [0, 0.1) is 0 Å². The predicted octanol–water partition coefficient (Wildman–Crippen LogP) is 4.81. The van der Waals surface area contributed by atoms with Gasteiger partial charge in [-0.2, -0.15) is 0 Å². The van der Waals surface area contributed by atoms with Gasteiger partial charge in [0.25, 0.3) is 11.8 Å². The van der Waals surface area contributed by atoms with Crippen molar-refractivity contribution in [3.05, 3.63) is 117 Å². The zero-order valence-corrected chi connectivity index (χ0v) is 33.1. The van der Waals surface area contributed by atoms with Gasteiger partial charge in [-0.05, 0) is 55.0 Å². The Morgan fingerprint density at radius 3 is 1.42 bits per heavy atom. The number of hydrogen-bond acceptors (Lipinski definition) is 16. The molecular formula is C39H36N6O12S2. The molecule has 2 aliphatic rings. The second-order valence-corrected chi connectivity index (χ2v) is 14.3. The topological polar surface area (TPSA) is 255 Å². The number of ketones is 4. The Balaban J connectivity index is 0.000000224. The van der Waals surface area contributed by atoms with Crippen LogP contribution in [0.15, 0.2) is 91.7 Å². The van der Waals surface area contributed by atoms with Gasteiger partial charge in [0.15, 0.2) is 11.4 Å². The molecule has 2 aliphatic carbocycles. The molecule has 4 N–H and O–H groups in total. The summed E-state index contributed by atoms with van der Waals surface area (Å²) in [6.07, 6.45) is 3.14. The molecule has 0 aliphatic heterocycles. The van der Waals surface area contributed by atoms with Crippen LogP contribution in [0.4, 0.5) is 9.59 Å². The van der Waals surface area contributed by atoms with Gasteiger partial charge in [0.2, 0.25) is 34.7 Å². The van der Waals surface area contributed by atoms with E-state index in [1.165, 1.54) is 38.0 Å². The number of carbonyl (C=O) groups excluding carboxylic acids is 8. The van der Waals surface area contributed by atoms with E-state index < -0.39 is 47.1 Å². The summed E-state index contributed by atoms with van der Waals surface area (Å²) in [4.78, 5) is 97.1. The number of nitrogens with one attached hydrogen (secondary N) is 4. The summed E-state index contributed by atoms with van der Waals surface area (Å²) in [6, 6.07) is 17.4. The second kappa shape index (κ2) is 21.1. The highest BCUT2D eigenvalue weighted by molar-refractivity contribution is 8.04. The van der Waals surface area contributed by atoms with E-state index in [1.54, 1.807) is 48.5 Å². The maximum atomic E-state index is 12.7. The van der Waals surface area contributed by atoms with E-state index in [2.05, 4.69) is 31.6 Å². The first-order valence-corrected chi connectivity index (χ1v) is 19.8. The molecule has 20 heteroatoms. The molecule has 4 aromatic rings. The molecule has 2 aromatic heterocycles. The predicted molar refractivity (Wildman–Crippen MR) is 213 cm³/mol. The lowest BCUT2D eigenvalue weighted by molar-refractivity contribution is 0.0940. The number of Topliss-reactive ketones (excluding diaryl/α,β-unsaturated/α-hetero) is 2. The molecule has 2 heterocycles. The average Bonchev–Trinajstić information content (AvgIpc) is 3.90. The van der Waals surface area contributed by atoms with E-state index >= 15 is 0 Å². The maximum absolute atomic E-state index is 12.7. The van der Waals surface area contributed by atoms with Gasteiger partial charge >= 0.3 is 12.2 Å². The molecule has 0 saturated heterocycles. The van der Waals surface area contributed by atoms with Crippen molar-refractivity contribution in [2.24, 2.45) is 0 Å². The number of thioether (sulfide) groups is 2. The fourth-order valence-corrected chi connectivity index (χ4v) is 7.08. The third-order valence-electron chi connectivity index (χ3n) is 8.00. The van der Waals surface area contributed by atoms with Crippen LogP contribution in [0.3, 0.4) is 0 Å². The fourth-order valence-electron chi connectivity index (χ4n) is 5.15. The number of carbonyl (C=O) groups is 8. The first kappa shape index (κ1) is 43.3. The number of unbranched alkanes of at least 4 members (excludes halogenated alkanes) is 1. The quantitative estimate of drug-likeness (QED) is 0.117. The Morgan fingerprint density at radius 1 is 0.593 bits per heavy atom. The second-order valence-electron chi connectivity index (χ2n) is 12.0. The van der Waals surface area contributed by atoms with E-state index in [0.717, 1.165) is 11.8 Å². The Hall–Kier alpha value is -6.80. The van der Waals surface area contributed by atoms with E-state index in [9.17, 15) is 38.4 Å². The number of para-hydroxylation sites is 2. The first-order valence-electron chi connectivity index (χ1n) is 17.8. The van der Waals surface area contributed by atoms with Crippen molar-refractivity contribution in [2.75, 3.05) is 38.7 Å². The van der Waals surface area contributed by atoms with E-state index in [-0.39, 0.29) is 43.8 Å². The number of rotatable bonds is 15. The maximum Gasteiger partial charge on any atom is 0.412 e. The number of allylic oxidation sites excluding steroid dienone is 4. The summed E-state index contributed by atoms with van der Waals surface area (Å²) in [5.74, 6) is -1.71. The molecule has 0 spiro atoms. The molecule has 18 nitrogen and oxygen atoms in total. The normalized spacial score (nSPS) is 12.8. The van der Waals surface area contributed by atoms with Crippen molar-refractivity contribution in [3.8, 4) is 11.5 Å². The minimum Gasteiger partial charge on any atom is -0.410 e. The van der Waals surface area contributed by atoms with Crippen LogP contribution in [-0.2, 0) is 0 Å². The number of nitrogens with zero attached hydrogens (tertiary/aromatic N) is 2. The molecule has 0 unspecified atom stereocenters. The third-order valence-corrected chi connectivity index (χ3v) is 10.2. The number of benzene rings is 2. The van der Waals surface area contributed by atoms with Crippen LogP contribution in [0.5, 0.6) is 11.5 Å². The SMILES string of the molecule is CNC(=O)c1noc2c1C(=O)C(SCCCCNC(=O)Oc1ccccc1)=CC2=O.CNC(=O)c1noc2c1C(=O)C(SCCCNC(=O)Oc1ccccc1)=CC2=O. The zero-order valence-electron chi connectivity index (χ0n) is 31.5. The molecule has 0 saturated carbocycles. The van der Waals surface area contributed by atoms with Crippen LogP contribution in [0.1, 0.15) is 82.1 Å². The molecule has 6 rings (SSSR count). The minimum atomic E-state index is -0.608. The lowest BCUT2D eigenvalue weighted by Gasteiger charge is -2.11. The van der Waals surface area contributed by atoms with Gasteiger partial charge in [-0.25, -0.2) is 9.59 Å². The number of fused-ring (bicyclic) bond motifs is 2. The van der Waals surface area contributed by atoms with Crippen molar-refractivity contribution in [3.63, 3.8) is 0 Å². The Morgan fingerprint density at radius 2 is 1.00 bits per heavy atom. The zero-order chi connectivity index (χ0) is 42.3. The highest BCUT2D eigenvalue weighted by Crippen LogP contribution is 2.32. The van der Waals surface area contributed by atoms with Gasteiger partial charge in [0.1, 0.15) is 22.6 Å². The van der Waals surface area contributed by atoms with Gasteiger partial charge in [0, 0.05) is 39.3 Å². The van der Waals surface area contributed by atoms with E-state index in [1.807, 2.05) is 12.1 Å². The minimum absolute atomic E-state index is 0.102. The van der Waals surface area contributed by atoms with Crippen molar-refractivity contribution in [1.29, 1.82) is 0 Å². The highest BCUT2D eigenvalue weighted by atomic mass is 32.2. The van der Waals surface area contributed by atoms with Gasteiger partial charge in [-0.15, -0.1) is 23.5 Å². The monoisotopic (exact) mass is 844 g/mol. The van der Waals surface area contributed by atoms with Gasteiger partial charge in [-0.1, -0.05) is 46.7 Å². The lowest BCUT2D eigenvalue weighted by Crippen LogP contribution is -2.28. The molecule has 0 bridgehead atoms. The Bertz CT molecular complexity index is 2300. The average molecular weight is 845 g/mol. The van der Waals surface area contributed by atoms with Gasteiger partial charge in [-0.3, -0.25) is 28.8 Å². The third kappa shape index (κ3) is 11.4. The van der Waals surface area contributed by atoms with Crippen LogP contribution in [0.2, 0.25) is 0 Å². The van der Waals surface area contributed by atoms with E-state index in [4.69, 9.17) is 18.5 Å². The number of hydrogen-bond donors (Lipinski definition) is 4. The summed E-state index contributed by atoms with van der Waals surface area (Å²) in [5.41, 5.74) is -0.630. The van der Waals surface area contributed by atoms with Crippen molar-refractivity contribution < 1.29 is 56.9 Å². The summed E-state index contributed by atoms with van der Waals surface area (Å²) in [6.45, 7) is 0.741. The van der Waals surface area contributed by atoms with Crippen molar-refractivity contribution in [1.82, 2.24) is 31.6 Å². The highest BCUT2D eigenvalue weighted by Gasteiger charge is 2.37. The summed E-state index contributed by atoms with van der Waals surface area (Å²) in [7, 11) is 2.79. The van der Waals surface area contributed by atoms with Crippen molar-refractivity contribution in [2.45, 2.75) is 19.3 Å². The largest absolute Gasteiger partial charge is 0.412 e. The summed E-state index contributed by atoms with van der Waals surface area (Å²) >= 11 is 2.37. The van der Waals surface area contributed by atoms with Gasteiger partial charge < -0.3 is 39.8 Å². The molecule has 4 amide bonds. The molecule has 0 fully saturated rings. The molecule has 0 radical (unpaired) electrons. The number of amides is 4. The van der Waals surface area contributed by atoms with Crippen LogP contribution >= 0.6 is 23.5 Å². The van der Waals surface area contributed by atoms with Gasteiger partial charge in [0.05, 0.1) is 9.81 Å². The lowest BCUT2D eigenvalue weighted by atomic mass is 10.00. The number of ether oxygens (including phenoxy) is 2. The smallest absolute Gasteiger partial charge is 0.410 e. The molecule has 0 atom stereocenters. The standard InChI is InChI=1S/C20H19N3O6S.C19H17N3O6S/c1-21-19(26)16-15-17(25)14(11-13(24)18(15)29-23-16)30-10-6-5-9-22-20(27)28-12-7-3-2-4-8-12;1-20-18(25)15-14-16(24)13(10-12(23)17(14)28-22-15)29-9-5-8-21-19(26)27-11-6-3-2-4-7-11/h2-4,7-8,11H,5-6,9-10H2,1H3,(H,21,26)(H,22,27);2-4,6-7,10H,5,8-9H2,1H3,(H,20,25)(H,21,26). The Kier molecular flexibility index (Phi) is 15.5. The number of aromatic nitrogens is 2. The van der Waals surface area contributed by atoms with Crippen LogP contribution < -0.4 is 30.7 Å². The Labute approximate surface area is 344 Å². The summed E-state index contributed by atoms with van der Waals surface area (Å²) in [5, 5.41) is 17.1. The molecule has 2 aromatic carbocycles. The molecule has 306 valence electrons. The fraction of sp³-hybridized carbons (Fsp3) is 0.231. The summed E-state index contributed by atoms with van der Waals surface area (Å²) < 4.78 is 19.9.